The van der Waals surface area contributed by atoms with Gasteiger partial charge in [0.2, 0.25) is 0 Å². The minimum absolute atomic E-state index is 0.0715. The SMILES string of the molecule is Cc1cc(NC(C)c2ncn[nH]2)cc([N+](=O)[O-])c1. The van der Waals surface area contributed by atoms with E-state index in [9.17, 15) is 10.1 Å². The smallest absolute Gasteiger partial charge is 0.271 e. The summed E-state index contributed by atoms with van der Waals surface area (Å²) >= 11 is 0. The molecule has 0 saturated heterocycles. The summed E-state index contributed by atoms with van der Waals surface area (Å²) in [7, 11) is 0. The van der Waals surface area contributed by atoms with Crippen LogP contribution in [-0.4, -0.2) is 20.1 Å². The molecule has 1 heterocycles. The van der Waals surface area contributed by atoms with E-state index in [0.717, 1.165) is 5.56 Å². The molecule has 7 heteroatoms. The minimum Gasteiger partial charge on any atom is -0.375 e. The van der Waals surface area contributed by atoms with E-state index >= 15 is 0 Å². The van der Waals surface area contributed by atoms with Gasteiger partial charge in [-0.1, -0.05) is 0 Å². The van der Waals surface area contributed by atoms with E-state index in [1.807, 2.05) is 19.9 Å². The second-order valence-corrected chi connectivity index (χ2v) is 4.05. The number of benzene rings is 1. The van der Waals surface area contributed by atoms with Gasteiger partial charge in [0.25, 0.3) is 5.69 Å². The molecule has 0 fully saturated rings. The van der Waals surface area contributed by atoms with Crippen LogP contribution in [0.15, 0.2) is 24.5 Å². The fourth-order valence-electron chi connectivity index (χ4n) is 1.69. The molecule has 0 spiro atoms. The molecule has 1 aromatic carbocycles. The lowest BCUT2D eigenvalue weighted by atomic mass is 10.2. The van der Waals surface area contributed by atoms with Crippen LogP contribution in [0.3, 0.4) is 0 Å². The number of nitrogens with one attached hydrogen (secondary N) is 2. The van der Waals surface area contributed by atoms with Crippen LogP contribution in [-0.2, 0) is 0 Å². The molecule has 0 aliphatic rings. The first-order valence-electron chi connectivity index (χ1n) is 5.44. The van der Waals surface area contributed by atoms with E-state index in [4.69, 9.17) is 0 Å². The van der Waals surface area contributed by atoms with Crippen LogP contribution in [0.25, 0.3) is 0 Å². The van der Waals surface area contributed by atoms with E-state index in [0.29, 0.717) is 11.5 Å². The zero-order valence-corrected chi connectivity index (χ0v) is 10.0. The first kappa shape index (κ1) is 12.0. The molecule has 1 aromatic heterocycles. The molecule has 2 rings (SSSR count). The number of aromatic nitrogens is 3. The Labute approximate surface area is 103 Å². The third kappa shape index (κ3) is 2.62. The second kappa shape index (κ2) is 4.82. The standard InChI is InChI=1S/C11H13N5O2/c1-7-3-9(5-10(4-7)16(17)18)14-8(2)11-12-6-13-15-11/h3-6,8,14H,1-2H3,(H,12,13,15). The largest absolute Gasteiger partial charge is 0.375 e. The number of nitro groups is 1. The topological polar surface area (TPSA) is 96.7 Å². The highest BCUT2D eigenvalue weighted by Gasteiger charge is 2.12. The molecule has 1 unspecified atom stereocenters. The third-order valence-electron chi connectivity index (χ3n) is 2.50. The Morgan fingerprint density at radius 2 is 2.22 bits per heavy atom. The molecule has 2 N–H and O–H groups in total. The van der Waals surface area contributed by atoms with Crippen molar-refractivity contribution in [2.24, 2.45) is 0 Å². The Morgan fingerprint density at radius 3 is 2.83 bits per heavy atom. The van der Waals surface area contributed by atoms with Gasteiger partial charge in [-0.2, -0.15) is 5.10 Å². The zero-order valence-electron chi connectivity index (χ0n) is 10.0. The maximum Gasteiger partial charge on any atom is 0.271 e. The molecule has 2 aromatic rings. The average molecular weight is 247 g/mol. The molecule has 0 amide bonds. The maximum absolute atomic E-state index is 10.8. The molecule has 0 bridgehead atoms. The summed E-state index contributed by atoms with van der Waals surface area (Å²) in [6.07, 6.45) is 1.42. The first-order valence-corrected chi connectivity index (χ1v) is 5.44. The van der Waals surface area contributed by atoms with Crippen molar-refractivity contribution in [3.63, 3.8) is 0 Å². The van der Waals surface area contributed by atoms with E-state index in [2.05, 4.69) is 20.5 Å². The van der Waals surface area contributed by atoms with Crippen molar-refractivity contribution >= 4 is 11.4 Å². The molecule has 0 saturated carbocycles. The number of aromatic amines is 1. The molecule has 7 nitrogen and oxygen atoms in total. The lowest BCUT2D eigenvalue weighted by Gasteiger charge is -2.12. The Kier molecular flexibility index (Phi) is 3.22. The molecule has 0 radical (unpaired) electrons. The van der Waals surface area contributed by atoms with E-state index < -0.39 is 4.92 Å². The fourth-order valence-corrected chi connectivity index (χ4v) is 1.69. The Morgan fingerprint density at radius 1 is 1.44 bits per heavy atom. The van der Waals surface area contributed by atoms with Crippen LogP contribution >= 0.6 is 0 Å². The maximum atomic E-state index is 10.8. The molecule has 0 aliphatic heterocycles. The van der Waals surface area contributed by atoms with E-state index in [1.165, 1.54) is 18.5 Å². The molecule has 18 heavy (non-hydrogen) atoms. The summed E-state index contributed by atoms with van der Waals surface area (Å²) in [5, 5.41) is 20.4. The van der Waals surface area contributed by atoms with Gasteiger partial charge in [-0.3, -0.25) is 15.2 Å². The lowest BCUT2D eigenvalue weighted by molar-refractivity contribution is -0.384. The van der Waals surface area contributed by atoms with Crippen molar-refractivity contribution in [2.75, 3.05) is 5.32 Å². The van der Waals surface area contributed by atoms with Gasteiger partial charge in [-0.05, 0) is 25.5 Å². The van der Waals surface area contributed by atoms with Gasteiger partial charge in [0.15, 0.2) is 0 Å². The highest BCUT2D eigenvalue weighted by Crippen LogP contribution is 2.23. The summed E-state index contributed by atoms with van der Waals surface area (Å²) in [5.41, 5.74) is 1.59. The van der Waals surface area contributed by atoms with Crippen LogP contribution < -0.4 is 5.32 Å². The van der Waals surface area contributed by atoms with Crippen molar-refractivity contribution in [1.82, 2.24) is 15.2 Å². The highest BCUT2D eigenvalue weighted by molar-refractivity contribution is 5.54. The number of H-pyrrole nitrogens is 1. The molecular weight excluding hydrogens is 234 g/mol. The Hall–Kier alpha value is -2.44. The van der Waals surface area contributed by atoms with Crippen LogP contribution in [0, 0.1) is 17.0 Å². The van der Waals surface area contributed by atoms with Crippen LogP contribution in [0.4, 0.5) is 11.4 Å². The molecule has 94 valence electrons. The number of aryl methyl sites for hydroxylation is 1. The summed E-state index contributed by atoms with van der Waals surface area (Å²) < 4.78 is 0. The monoisotopic (exact) mass is 247 g/mol. The number of nitro benzene ring substituents is 1. The van der Waals surface area contributed by atoms with Crippen molar-refractivity contribution in [1.29, 1.82) is 0 Å². The predicted molar refractivity (Wildman–Crippen MR) is 66.3 cm³/mol. The fraction of sp³-hybridized carbons (Fsp3) is 0.273. The average Bonchev–Trinajstić information content (AvgIpc) is 2.81. The quantitative estimate of drug-likeness (QED) is 0.637. The third-order valence-corrected chi connectivity index (χ3v) is 2.50. The lowest BCUT2D eigenvalue weighted by Crippen LogP contribution is -2.08. The van der Waals surface area contributed by atoms with Crippen LogP contribution in [0.5, 0.6) is 0 Å². The van der Waals surface area contributed by atoms with E-state index in [-0.39, 0.29) is 11.7 Å². The van der Waals surface area contributed by atoms with Crippen LogP contribution in [0.2, 0.25) is 0 Å². The first-order chi connectivity index (χ1) is 8.56. The number of non-ortho nitro benzene ring substituents is 1. The van der Waals surface area contributed by atoms with Gasteiger partial charge in [0.1, 0.15) is 12.2 Å². The highest BCUT2D eigenvalue weighted by atomic mass is 16.6. The number of hydrogen-bond donors (Lipinski definition) is 2. The summed E-state index contributed by atoms with van der Waals surface area (Å²) in [6.45, 7) is 3.71. The van der Waals surface area contributed by atoms with E-state index in [1.54, 1.807) is 0 Å². The van der Waals surface area contributed by atoms with Gasteiger partial charge < -0.3 is 5.32 Å². The van der Waals surface area contributed by atoms with Gasteiger partial charge >= 0.3 is 0 Å². The Bertz CT molecular complexity index is 553. The summed E-state index contributed by atoms with van der Waals surface area (Å²) in [6, 6.07) is 4.78. The van der Waals surface area contributed by atoms with Crippen molar-refractivity contribution in [3.8, 4) is 0 Å². The van der Waals surface area contributed by atoms with Gasteiger partial charge in [-0.15, -0.1) is 0 Å². The number of hydrogen-bond acceptors (Lipinski definition) is 5. The van der Waals surface area contributed by atoms with Crippen LogP contribution in [0.1, 0.15) is 24.4 Å². The van der Waals surface area contributed by atoms with Gasteiger partial charge in [0, 0.05) is 17.8 Å². The summed E-state index contributed by atoms with van der Waals surface area (Å²) in [5.74, 6) is 0.680. The van der Waals surface area contributed by atoms with Crippen molar-refractivity contribution in [3.05, 3.63) is 46.0 Å². The second-order valence-electron chi connectivity index (χ2n) is 4.05. The summed E-state index contributed by atoms with van der Waals surface area (Å²) in [4.78, 5) is 14.4. The number of rotatable bonds is 4. The predicted octanol–water partition coefficient (Wildman–Crippen LogP) is 2.19. The van der Waals surface area contributed by atoms with Crippen molar-refractivity contribution in [2.45, 2.75) is 19.9 Å². The number of nitrogens with zero attached hydrogens (tertiary/aromatic N) is 3. The van der Waals surface area contributed by atoms with Gasteiger partial charge in [0.05, 0.1) is 11.0 Å². The molecular formula is C11H13N5O2. The Balaban J connectivity index is 2.21. The van der Waals surface area contributed by atoms with Crippen molar-refractivity contribution < 1.29 is 4.92 Å². The minimum atomic E-state index is -0.405. The normalized spacial score (nSPS) is 12.1. The molecule has 1 atom stereocenters. The number of anilines is 1. The zero-order chi connectivity index (χ0) is 13.1. The molecule has 0 aliphatic carbocycles. The van der Waals surface area contributed by atoms with Gasteiger partial charge in [-0.25, -0.2) is 4.98 Å².